The number of rotatable bonds is 8. The van der Waals surface area contributed by atoms with Crippen molar-refractivity contribution in [2.75, 3.05) is 31.9 Å². The minimum Gasteiger partial charge on any atom is -0.466 e. The normalized spacial score (nSPS) is 28.3. The summed E-state index contributed by atoms with van der Waals surface area (Å²) < 4.78 is 39.8. The largest absolute Gasteiger partial charge is 0.466 e. The summed E-state index contributed by atoms with van der Waals surface area (Å²) in [7, 11) is -0.708. The second kappa shape index (κ2) is 9.15. The third-order valence-electron chi connectivity index (χ3n) is 7.36. The number of thioether (sulfide) groups is 1. The maximum atomic E-state index is 13.8. The van der Waals surface area contributed by atoms with E-state index in [0.717, 1.165) is 55.0 Å². The number of hydrogen-bond donors (Lipinski definition) is 0. The molecule has 182 valence electrons. The predicted molar refractivity (Wildman–Crippen MR) is 130 cm³/mol. The number of hydrogen-bond acceptors (Lipinski definition) is 7. The molecule has 3 fully saturated rings. The molecule has 0 N–H and O–H groups in total. The van der Waals surface area contributed by atoms with Gasteiger partial charge in [0, 0.05) is 31.2 Å². The van der Waals surface area contributed by atoms with Gasteiger partial charge in [-0.15, -0.1) is 11.8 Å². The van der Waals surface area contributed by atoms with Crippen molar-refractivity contribution in [3.8, 4) is 5.75 Å². The number of nitrogens with zero attached hydrogens (tertiary/aromatic N) is 2. The monoisotopic (exact) mass is 494 g/mol. The van der Waals surface area contributed by atoms with Crippen molar-refractivity contribution in [2.24, 2.45) is 5.92 Å². The zero-order valence-corrected chi connectivity index (χ0v) is 21.7. The quantitative estimate of drug-likeness (QED) is 0.229. The van der Waals surface area contributed by atoms with Gasteiger partial charge in [0.25, 0.3) is 0 Å². The van der Waals surface area contributed by atoms with E-state index >= 15 is 0 Å². The molecule has 3 saturated carbocycles. The van der Waals surface area contributed by atoms with Gasteiger partial charge in [0.15, 0.2) is 0 Å². The SMILES string of the molecule is CCCC[C@@H]1CN(C23CC(C2)C3)c2cc(SC)c(O/C(C)=C/C(=O)OC)cc2S(=O)(=O)N1C. The summed E-state index contributed by atoms with van der Waals surface area (Å²) in [5, 5.41) is 0. The number of carbonyl (C=O) groups is 1. The maximum absolute atomic E-state index is 13.8. The van der Waals surface area contributed by atoms with Crippen LogP contribution in [0, 0.1) is 5.92 Å². The molecule has 33 heavy (non-hydrogen) atoms. The van der Waals surface area contributed by atoms with Gasteiger partial charge in [-0.05, 0) is 50.8 Å². The van der Waals surface area contributed by atoms with E-state index in [0.29, 0.717) is 18.1 Å². The molecule has 7 nitrogen and oxygen atoms in total. The summed E-state index contributed by atoms with van der Waals surface area (Å²) in [6.07, 6.45) is 9.50. The molecular weight excluding hydrogens is 460 g/mol. The number of fused-ring (bicyclic) bond motifs is 1. The van der Waals surface area contributed by atoms with Crippen LogP contribution in [-0.2, 0) is 19.6 Å². The predicted octanol–water partition coefficient (Wildman–Crippen LogP) is 4.42. The smallest absolute Gasteiger partial charge is 0.333 e. The van der Waals surface area contributed by atoms with E-state index in [9.17, 15) is 13.2 Å². The van der Waals surface area contributed by atoms with Crippen molar-refractivity contribution in [2.45, 2.75) is 73.7 Å². The Bertz CT molecular complexity index is 1050. The molecule has 1 aliphatic heterocycles. The van der Waals surface area contributed by atoms with Crippen molar-refractivity contribution < 1.29 is 22.7 Å². The van der Waals surface area contributed by atoms with Crippen LogP contribution in [0.3, 0.4) is 0 Å². The van der Waals surface area contributed by atoms with Crippen molar-refractivity contribution >= 4 is 33.4 Å². The number of methoxy groups -OCH3 is 1. The summed E-state index contributed by atoms with van der Waals surface area (Å²) in [5.74, 6) is 1.04. The molecule has 0 spiro atoms. The number of sulfonamides is 1. The molecule has 1 atom stereocenters. The lowest BCUT2D eigenvalue weighted by Gasteiger charge is -2.67. The van der Waals surface area contributed by atoms with Crippen LogP contribution in [0.4, 0.5) is 5.69 Å². The fourth-order valence-electron chi connectivity index (χ4n) is 5.32. The van der Waals surface area contributed by atoms with Gasteiger partial charge in [-0.3, -0.25) is 0 Å². The number of esters is 1. The number of allylic oxidation sites excluding steroid dienone is 1. The Labute approximate surface area is 201 Å². The van der Waals surface area contributed by atoms with Gasteiger partial charge in [0.05, 0.1) is 23.8 Å². The summed E-state index contributed by atoms with van der Waals surface area (Å²) >= 11 is 1.50. The molecule has 0 aromatic heterocycles. The van der Waals surface area contributed by atoms with Gasteiger partial charge in [0.1, 0.15) is 16.4 Å². The van der Waals surface area contributed by atoms with Gasteiger partial charge in [-0.25, -0.2) is 13.2 Å². The molecule has 5 rings (SSSR count). The van der Waals surface area contributed by atoms with E-state index < -0.39 is 16.0 Å². The summed E-state index contributed by atoms with van der Waals surface area (Å²) in [6.45, 7) is 4.50. The molecule has 0 saturated heterocycles. The highest BCUT2D eigenvalue weighted by Gasteiger charge is 2.61. The van der Waals surface area contributed by atoms with Crippen LogP contribution in [0.2, 0.25) is 0 Å². The van der Waals surface area contributed by atoms with E-state index in [4.69, 9.17) is 4.74 Å². The van der Waals surface area contributed by atoms with Crippen molar-refractivity contribution in [3.63, 3.8) is 0 Å². The van der Waals surface area contributed by atoms with Crippen molar-refractivity contribution in [1.82, 2.24) is 4.31 Å². The molecule has 1 aromatic carbocycles. The van der Waals surface area contributed by atoms with Gasteiger partial charge in [-0.2, -0.15) is 4.31 Å². The van der Waals surface area contributed by atoms with E-state index in [1.165, 1.54) is 24.9 Å². The van der Waals surface area contributed by atoms with Gasteiger partial charge < -0.3 is 14.4 Å². The zero-order chi connectivity index (χ0) is 24.0. The average Bonchev–Trinajstić information content (AvgIpc) is 2.78. The minimum absolute atomic E-state index is 0.0700. The highest BCUT2D eigenvalue weighted by molar-refractivity contribution is 7.98. The van der Waals surface area contributed by atoms with E-state index in [-0.39, 0.29) is 16.5 Å². The molecular formula is C24H34N2O5S2. The topological polar surface area (TPSA) is 76.1 Å². The number of anilines is 1. The van der Waals surface area contributed by atoms with Crippen LogP contribution in [0.5, 0.6) is 5.75 Å². The van der Waals surface area contributed by atoms with Crippen LogP contribution in [0.15, 0.2) is 33.8 Å². The highest BCUT2D eigenvalue weighted by Crippen LogP contribution is 2.62. The fourth-order valence-corrected chi connectivity index (χ4v) is 7.41. The highest BCUT2D eigenvalue weighted by atomic mass is 32.2. The van der Waals surface area contributed by atoms with Gasteiger partial charge >= 0.3 is 5.97 Å². The Morgan fingerprint density at radius 3 is 2.55 bits per heavy atom. The molecule has 1 heterocycles. The van der Waals surface area contributed by atoms with E-state index in [2.05, 4.69) is 16.6 Å². The third-order valence-corrected chi connectivity index (χ3v) is 10.1. The molecule has 1 aromatic rings. The molecule has 4 aliphatic rings. The van der Waals surface area contributed by atoms with Crippen molar-refractivity contribution in [1.29, 1.82) is 0 Å². The molecule has 2 bridgehead atoms. The van der Waals surface area contributed by atoms with Crippen LogP contribution in [0.25, 0.3) is 0 Å². The lowest BCUT2D eigenvalue weighted by atomic mass is 9.49. The Kier molecular flexibility index (Phi) is 6.77. The standard InChI is InChI=1S/C24H34N2O5S2/c1-6-7-8-18-15-26(24-12-17(13-24)14-24)19-10-21(32-5)20(31-16(2)9-23(27)30-4)11-22(19)33(28,29)25(18)3/h9-11,17-18H,6-8,12-15H2,1-5H3/b16-9+/t17?,18-,24?/m1/s1. The zero-order valence-electron chi connectivity index (χ0n) is 20.1. The van der Waals surface area contributed by atoms with Gasteiger partial charge in [-0.1, -0.05) is 19.8 Å². The third kappa shape index (κ3) is 4.28. The lowest BCUT2D eigenvalue weighted by molar-refractivity contribution is -0.135. The number of benzene rings is 1. The average molecular weight is 495 g/mol. The summed E-state index contributed by atoms with van der Waals surface area (Å²) in [4.78, 5) is 15.1. The number of unbranched alkanes of at least 4 members (excludes halogenated alkanes) is 1. The van der Waals surface area contributed by atoms with Gasteiger partial charge in [0.2, 0.25) is 10.0 Å². The first-order valence-electron chi connectivity index (χ1n) is 11.6. The second-order valence-electron chi connectivity index (χ2n) is 9.48. The minimum atomic E-state index is -3.72. The molecule has 3 aliphatic carbocycles. The maximum Gasteiger partial charge on any atom is 0.333 e. The Balaban J connectivity index is 1.81. The second-order valence-corrected chi connectivity index (χ2v) is 12.3. The molecule has 0 amide bonds. The van der Waals surface area contributed by atoms with Crippen LogP contribution < -0.4 is 9.64 Å². The van der Waals surface area contributed by atoms with E-state index in [1.807, 2.05) is 12.3 Å². The Hall–Kier alpha value is -1.71. The first-order valence-corrected chi connectivity index (χ1v) is 14.2. The fraction of sp³-hybridized carbons (Fsp3) is 0.625. The first kappa shape index (κ1) is 24.4. The van der Waals surface area contributed by atoms with E-state index in [1.54, 1.807) is 24.3 Å². The molecule has 9 heteroatoms. The number of carbonyl (C=O) groups excluding carboxylic acids is 1. The summed E-state index contributed by atoms with van der Waals surface area (Å²) in [5.41, 5.74) is 0.869. The molecule has 0 radical (unpaired) electrons. The van der Waals surface area contributed by atoms with Crippen LogP contribution in [-0.4, -0.2) is 57.2 Å². The van der Waals surface area contributed by atoms with Crippen molar-refractivity contribution in [3.05, 3.63) is 24.0 Å². The summed E-state index contributed by atoms with van der Waals surface area (Å²) in [6, 6.07) is 3.54. The number of likely N-dealkylation sites (N-methyl/N-ethyl adjacent to an activating group) is 1. The Morgan fingerprint density at radius 2 is 2.00 bits per heavy atom. The molecule has 0 unspecified atom stereocenters. The van der Waals surface area contributed by atoms with Crippen LogP contribution >= 0.6 is 11.8 Å². The Morgan fingerprint density at radius 1 is 1.30 bits per heavy atom. The number of ether oxygens (including phenoxy) is 2. The first-order chi connectivity index (χ1) is 15.6. The van der Waals surface area contributed by atoms with Crippen LogP contribution in [0.1, 0.15) is 52.4 Å². The lowest BCUT2D eigenvalue weighted by Crippen LogP contribution is -2.69.